The second-order valence-electron chi connectivity index (χ2n) is 10.3. The standard InChI is InChI=1S/C29H24ClF2N7O3/c1-29(19-4-2-5-20(30)23(19)31)15-39(21-7-6-16(14-40)10-35-21)27(41)18-11-36-25(24(32)22(18)29)37-17-12-38(13-17)28(42)26-33-8-3-9-34-26/h2-11,17,40H,12-15H2,1H3,(H,36,37)/t29-/m1/s1. The minimum Gasteiger partial charge on any atom is -0.392 e. The zero-order valence-electron chi connectivity index (χ0n) is 22.3. The largest absolute Gasteiger partial charge is 0.392 e. The van der Waals surface area contributed by atoms with E-state index in [2.05, 4.69) is 25.3 Å². The summed E-state index contributed by atoms with van der Waals surface area (Å²) in [6, 6.07) is 8.93. The summed E-state index contributed by atoms with van der Waals surface area (Å²) in [6.45, 7) is 1.78. The first kappa shape index (κ1) is 27.6. The SMILES string of the molecule is C[C@]1(c2cccc(Cl)c2F)CN(c2ccc(CO)cn2)C(=O)c2cnc(NC3CN(C(=O)c4ncccn4)C3)c(F)c21. The van der Waals surface area contributed by atoms with E-state index >= 15 is 8.78 Å². The van der Waals surface area contributed by atoms with Crippen LogP contribution < -0.4 is 10.2 Å². The van der Waals surface area contributed by atoms with Gasteiger partial charge in [-0.05, 0) is 30.7 Å². The number of aliphatic hydroxyl groups is 1. The minimum absolute atomic E-state index is 0.0284. The minimum atomic E-state index is -1.40. The van der Waals surface area contributed by atoms with Gasteiger partial charge in [0, 0.05) is 61.0 Å². The molecule has 1 aromatic carbocycles. The van der Waals surface area contributed by atoms with Crippen molar-refractivity contribution in [2.24, 2.45) is 0 Å². The molecule has 2 aliphatic heterocycles. The van der Waals surface area contributed by atoms with E-state index in [1.807, 2.05) is 0 Å². The lowest BCUT2D eigenvalue weighted by Gasteiger charge is -2.42. The van der Waals surface area contributed by atoms with Gasteiger partial charge in [-0.15, -0.1) is 0 Å². The van der Waals surface area contributed by atoms with Crippen LogP contribution in [0.1, 0.15) is 44.6 Å². The van der Waals surface area contributed by atoms with Crippen LogP contribution in [0.2, 0.25) is 5.02 Å². The number of nitrogens with zero attached hydrogens (tertiary/aromatic N) is 6. The first-order valence-corrected chi connectivity index (χ1v) is 13.4. The summed E-state index contributed by atoms with van der Waals surface area (Å²) >= 11 is 6.14. The fourth-order valence-corrected chi connectivity index (χ4v) is 5.56. The summed E-state index contributed by atoms with van der Waals surface area (Å²) in [5.41, 5.74) is -0.834. The summed E-state index contributed by atoms with van der Waals surface area (Å²) < 4.78 is 32.0. The zero-order chi connectivity index (χ0) is 29.6. The number of nitrogens with one attached hydrogen (secondary N) is 1. The number of carbonyl (C=O) groups excluding carboxylic acids is 2. The van der Waals surface area contributed by atoms with Gasteiger partial charge in [0.2, 0.25) is 5.82 Å². The van der Waals surface area contributed by atoms with E-state index in [9.17, 15) is 14.7 Å². The van der Waals surface area contributed by atoms with Crippen LogP contribution in [0.25, 0.3) is 0 Å². The second-order valence-corrected chi connectivity index (χ2v) is 10.7. The maximum atomic E-state index is 16.4. The number of carbonyl (C=O) groups is 2. The molecule has 0 bridgehead atoms. The van der Waals surface area contributed by atoms with E-state index in [4.69, 9.17) is 11.6 Å². The van der Waals surface area contributed by atoms with E-state index in [1.165, 1.54) is 46.7 Å². The van der Waals surface area contributed by atoms with Crippen LogP contribution in [-0.2, 0) is 12.0 Å². The number of rotatable bonds is 6. The fraction of sp³-hybridized carbons (Fsp3) is 0.241. The Hall–Kier alpha value is -4.55. The van der Waals surface area contributed by atoms with Gasteiger partial charge < -0.3 is 15.3 Å². The van der Waals surface area contributed by atoms with Crippen LogP contribution in [0, 0.1) is 11.6 Å². The van der Waals surface area contributed by atoms with Crippen LogP contribution in [0.5, 0.6) is 0 Å². The van der Waals surface area contributed by atoms with Gasteiger partial charge in [0.25, 0.3) is 11.8 Å². The molecule has 0 spiro atoms. The summed E-state index contributed by atoms with van der Waals surface area (Å²) in [5, 5.41) is 12.3. The smallest absolute Gasteiger partial charge is 0.291 e. The van der Waals surface area contributed by atoms with E-state index in [1.54, 1.807) is 31.2 Å². The van der Waals surface area contributed by atoms with Crippen LogP contribution in [0.4, 0.5) is 20.4 Å². The first-order chi connectivity index (χ1) is 20.2. The molecule has 42 heavy (non-hydrogen) atoms. The number of hydrogen-bond acceptors (Lipinski definition) is 8. The zero-order valence-corrected chi connectivity index (χ0v) is 23.0. The Morgan fingerprint density at radius 1 is 1.07 bits per heavy atom. The summed E-state index contributed by atoms with van der Waals surface area (Å²) in [7, 11) is 0. The molecule has 0 radical (unpaired) electrons. The van der Waals surface area contributed by atoms with Crippen molar-refractivity contribution in [1.29, 1.82) is 0 Å². The Labute approximate surface area is 244 Å². The lowest BCUT2D eigenvalue weighted by atomic mass is 9.71. The van der Waals surface area contributed by atoms with Crippen molar-refractivity contribution in [3.63, 3.8) is 0 Å². The monoisotopic (exact) mass is 591 g/mol. The van der Waals surface area contributed by atoms with E-state index in [0.717, 1.165) is 0 Å². The third-order valence-corrected chi connectivity index (χ3v) is 7.89. The van der Waals surface area contributed by atoms with Gasteiger partial charge >= 0.3 is 0 Å². The van der Waals surface area contributed by atoms with Crippen molar-refractivity contribution in [3.8, 4) is 0 Å². The number of aromatic nitrogens is 4. The van der Waals surface area contributed by atoms with Gasteiger partial charge in [-0.2, -0.15) is 0 Å². The lowest BCUT2D eigenvalue weighted by Crippen LogP contribution is -2.57. The van der Waals surface area contributed by atoms with Crippen molar-refractivity contribution < 1.29 is 23.5 Å². The molecule has 2 amide bonds. The van der Waals surface area contributed by atoms with Gasteiger partial charge in [0.05, 0.1) is 23.2 Å². The summed E-state index contributed by atoms with van der Waals surface area (Å²) in [4.78, 5) is 45.6. The number of benzene rings is 1. The summed E-state index contributed by atoms with van der Waals surface area (Å²) in [6.07, 6.45) is 5.64. The predicted octanol–water partition coefficient (Wildman–Crippen LogP) is 3.59. The van der Waals surface area contributed by atoms with Gasteiger partial charge in [-0.25, -0.2) is 28.7 Å². The highest BCUT2D eigenvalue weighted by Gasteiger charge is 2.47. The van der Waals surface area contributed by atoms with E-state index < -0.39 is 23.0 Å². The normalized spacial score (nSPS) is 18.5. The number of hydrogen-bond donors (Lipinski definition) is 2. The number of anilines is 2. The number of likely N-dealkylation sites (tertiary alicyclic amines) is 1. The highest BCUT2D eigenvalue weighted by Crippen LogP contribution is 2.44. The Balaban J connectivity index is 1.36. The number of aliphatic hydroxyl groups excluding tert-OH is 1. The molecule has 2 aliphatic rings. The molecule has 0 unspecified atom stereocenters. The van der Waals surface area contributed by atoms with Gasteiger partial charge in [0.1, 0.15) is 11.6 Å². The maximum Gasteiger partial charge on any atom is 0.291 e. The van der Waals surface area contributed by atoms with Gasteiger partial charge in [0.15, 0.2) is 11.6 Å². The van der Waals surface area contributed by atoms with Crippen molar-refractivity contribution >= 4 is 35.1 Å². The molecule has 3 aromatic heterocycles. The fourth-order valence-electron chi connectivity index (χ4n) is 5.39. The Morgan fingerprint density at radius 2 is 1.83 bits per heavy atom. The number of amides is 2. The molecule has 1 fully saturated rings. The maximum absolute atomic E-state index is 16.4. The summed E-state index contributed by atoms with van der Waals surface area (Å²) in [5.74, 6) is -2.24. The number of halogens is 3. The molecule has 0 saturated carbocycles. The van der Waals surface area contributed by atoms with Crippen LogP contribution >= 0.6 is 11.6 Å². The molecule has 10 nitrogen and oxygen atoms in total. The topological polar surface area (TPSA) is 124 Å². The van der Waals surface area contributed by atoms with Crippen LogP contribution in [0.15, 0.2) is 61.2 Å². The van der Waals surface area contributed by atoms with Crippen LogP contribution in [0.3, 0.4) is 0 Å². The van der Waals surface area contributed by atoms with Crippen molar-refractivity contribution in [2.45, 2.75) is 25.0 Å². The number of pyridine rings is 2. The number of fused-ring (bicyclic) bond motifs is 1. The van der Waals surface area contributed by atoms with Crippen LogP contribution in [-0.4, -0.2) is 67.4 Å². The van der Waals surface area contributed by atoms with E-state index in [0.29, 0.717) is 5.56 Å². The van der Waals surface area contributed by atoms with Crippen molar-refractivity contribution in [1.82, 2.24) is 24.8 Å². The molecule has 2 N–H and O–H groups in total. The lowest BCUT2D eigenvalue weighted by molar-refractivity contribution is 0.0611. The van der Waals surface area contributed by atoms with E-state index in [-0.39, 0.29) is 77.4 Å². The molecule has 13 heteroatoms. The highest BCUT2D eigenvalue weighted by molar-refractivity contribution is 6.30. The predicted molar refractivity (Wildman–Crippen MR) is 149 cm³/mol. The molecule has 0 aliphatic carbocycles. The first-order valence-electron chi connectivity index (χ1n) is 13.0. The Kier molecular flexibility index (Phi) is 7.03. The molecule has 1 saturated heterocycles. The Bertz CT molecular complexity index is 1690. The highest BCUT2D eigenvalue weighted by atomic mass is 35.5. The third-order valence-electron chi connectivity index (χ3n) is 7.60. The van der Waals surface area contributed by atoms with Crippen molar-refractivity contribution in [3.05, 3.63) is 106 Å². The Morgan fingerprint density at radius 3 is 2.52 bits per heavy atom. The average molecular weight is 592 g/mol. The third kappa shape index (κ3) is 4.62. The second kappa shape index (κ2) is 10.7. The quantitative estimate of drug-likeness (QED) is 0.349. The average Bonchev–Trinajstić information content (AvgIpc) is 2.98. The molecular weight excluding hydrogens is 568 g/mol. The van der Waals surface area contributed by atoms with Gasteiger partial charge in [-0.1, -0.05) is 29.8 Å². The molecular formula is C29H24ClF2N7O3. The van der Waals surface area contributed by atoms with Crippen molar-refractivity contribution in [2.75, 3.05) is 29.9 Å². The molecule has 214 valence electrons. The molecule has 1 atom stereocenters. The molecule has 5 heterocycles. The van der Waals surface area contributed by atoms with Gasteiger partial charge in [-0.3, -0.25) is 14.5 Å². The molecule has 4 aromatic rings. The molecule has 6 rings (SSSR count).